The number of hydrogen-bond donors (Lipinski definition) is 0. The van der Waals surface area contributed by atoms with Crippen LogP contribution in [0.4, 0.5) is 0 Å². The minimum atomic E-state index is 0. The zero-order valence-electron chi connectivity index (χ0n) is 11.3. The minimum Gasteiger partial charge on any atom is -0.264 e. The van der Waals surface area contributed by atoms with Gasteiger partial charge in [-0.2, -0.15) is 5.10 Å². The predicted molar refractivity (Wildman–Crippen MR) is 75.1 cm³/mol. The summed E-state index contributed by atoms with van der Waals surface area (Å²) < 4.78 is 1.83. The minimum absolute atomic E-state index is 0. The van der Waals surface area contributed by atoms with Gasteiger partial charge in [0.05, 0.1) is 11.5 Å². The standard InChI is InChI=1S/C16H14N3.Ir/c1-12-7-6-8-13(2)15(12)19-11-17-16(18-19)14-9-4-3-5-10-14;/h3-9,11H,1-2H3;/q-1;. The second-order valence-corrected chi connectivity index (χ2v) is 4.53. The summed E-state index contributed by atoms with van der Waals surface area (Å²) in [5.74, 6) is 0.697. The molecule has 0 aliphatic heterocycles. The molecule has 0 aliphatic carbocycles. The summed E-state index contributed by atoms with van der Waals surface area (Å²) in [6.07, 6.45) is 1.76. The van der Waals surface area contributed by atoms with Crippen LogP contribution in [0.3, 0.4) is 0 Å². The van der Waals surface area contributed by atoms with E-state index in [0.29, 0.717) is 5.82 Å². The summed E-state index contributed by atoms with van der Waals surface area (Å²) in [6, 6.07) is 17.1. The molecule has 3 rings (SSSR count). The maximum atomic E-state index is 4.55. The quantitative estimate of drug-likeness (QED) is 0.573. The molecular formula is C16H14IrN3-. The van der Waals surface area contributed by atoms with Gasteiger partial charge in [-0.05, 0) is 25.0 Å². The van der Waals surface area contributed by atoms with E-state index < -0.39 is 0 Å². The molecule has 0 unspecified atom stereocenters. The van der Waals surface area contributed by atoms with E-state index in [1.807, 2.05) is 28.9 Å². The number of nitrogens with zero attached hydrogens (tertiary/aromatic N) is 3. The van der Waals surface area contributed by atoms with Gasteiger partial charge in [0, 0.05) is 20.1 Å². The molecule has 1 aromatic heterocycles. The first kappa shape index (κ1) is 14.6. The SMILES string of the molecule is Cc1cccc(C)c1-n1cnc(-c2[c-]cccc2)n1.[Ir]. The van der Waals surface area contributed by atoms with Gasteiger partial charge in [0.1, 0.15) is 6.33 Å². The van der Waals surface area contributed by atoms with E-state index in [2.05, 4.69) is 48.2 Å². The van der Waals surface area contributed by atoms with E-state index in [1.165, 1.54) is 11.1 Å². The molecular weight excluding hydrogens is 426 g/mol. The second kappa shape index (κ2) is 6.12. The zero-order chi connectivity index (χ0) is 13.2. The van der Waals surface area contributed by atoms with Gasteiger partial charge in [0.15, 0.2) is 0 Å². The van der Waals surface area contributed by atoms with Crippen molar-refractivity contribution in [1.29, 1.82) is 0 Å². The Kier molecular flexibility index (Phi) is 4.48. The number of hydrogen-bond acceptors (Lipinski definition) is 2. The van der Waals surface area contributed by atoms with Crippen LogP contribution in [-0.4, -0.2) is 14.8 Å². The van der Waals surface area contributed by atoms with Crippen LogP contribution in [0, 0.1) is 19.9 Å². The Hall–Kier alpha value is -1.77. The van der Waals surface area contributed by atoms with Crippen LogP contribution < -0.4 is 0 Å². The van der Waals surface area contributed by atoms with Crippen molar-refractivity contribution in [2.24, 2.45) is 0 Å². The first-order valence-corrected chi connectivity index (χ1v) is 6.21. The molecule has 3 aromatic rings. The number of aryl methyl sites for hydroxylation is 2. The molecule has 1 radical (unpaired) electrons. The molecule has 4 heteroatoms. The van der Waals surface area contributed by atoms with Crippen molar-refractivity contribution in [3.63, 3.8) is 0 Å². The fourth-order valence-corrected chi connectivity index (χ4v) is 2.19. The average Bonchev–Trinajstić information content (AvgIpc) is 2.89. The van der Waals surface area contributed by atoms with E-state index in [4.69, 9.17) is 0 Å². The second-order valence-electron chi connectivity index (χ2n) is 4.53. The van der Waals surface area contributed by atoms with Crippen LogP contribution in [0.2, 0.25) is 0 Å². The normalized spacial score (nSPS) is 10.1. The molecule has 0 spiro atoms. The molecule has 0 aliphatic rings. The largest absolute Gasteiger partial charge is 0.264 e. The van der Waals surface area contributed by atoms with E-state index >= 15 is 0 Å². The zero-order valence-corrected chi connectivity index (χ0v) is 13.7. The third-order valence-electron chi connectivity index (χ3n) is 3.11. The molecule has 3 nitrogen and oxygen atoms in total. The van der Waals surface area contributed by atoms with Gasteiger partial charge in [-0.1, -0.05) is 18.2 Å². The topological polar surface area (TPSA) is 30.7 Å². The molecule has 1 heterocycles. The average molecular weight is 441 g/mol. The van der Waals surface area contributed by atoms with E-state index in [-0.39, 0.29) is 20.1 Å². The van der Waals surface area contributed by atoms with Gasteiger partial charge < -0.3 is 0 Å². The first-order valence-electron chi connectivity index (χ1n) is 6.21. The van der Waals surface area contributed by atoms with Crippen molar-refractivity contribution in [3.8, 4) is 17.1 Å². The summed E-state index contributed by atoms with van der Waals surface area (Å²) >= 11 is 0. The Labute approximate surface area is 132 Å². The summed E-state index contributed by atoms with van der Waals surface area (Å²) in [4.78, 5) is 4.37. The molecule has 0 saturated carbocycles. The van der Waals surface area contributed by atoms with Gasteiger partial charge in [-0.15, -0.1) is 35.9 Å². The smallest absolute Gasteiger partial charge is 0.108 e. The van der Waals surface area contributed by atoms with Crippen molar-refractivity contribution in [2.75, 3.05) is 0 Å². The van der Waals surface area contributed by atoms with Crippen LogP contribution in [0.1, 0.15) is 11.1 Å². The third-order valence-corrected chi connectivity index (χ3v) is 3.11. The molecule has 0 bridgehead atoms. The summed E-state index contributed by atoms with van der Waals surface area (Å²) in [7, 11) is 0. The molecule has 0 amide bonds. The number of para-hydroxylation sites is 1. The molecule has 0 atom stereocenters. The molecule has 20 heavy (non-hydrogen) atoms. The van der Waals surface area contributed by atoms with E-state index in [0.717, 1.165) is 11.3 Å². The molecule has 0 N–H and O–H groups in total. The van der Waals surface area contributed by atoms with Crippen LogP contribution in [0.25, 0.3) is 17.1 Å². The number of rotatable bonds is 2. The molecule has 2 aromatic carbocycles. The van der Waals surface area contributed by atoms with Gasteiger partial charge in [0.25, 0.3) is 0 Å². The third kappa shape index (κ3) is 2.72. The Morgan fingerprint density at radius 1 is 1.00 bits per heavy atom. The fraction of sp³-hybridized carbons (Fsp3) is 0.125. The molecule has 103 valence electrons. The molecule has 0 saturated heterocycles. The maximum Gasteiger partial charge on any atom is 0.108 e. The first-order chi connectivity index (χ1) is 9.25. The Bertz CT molecular complexity index is 685. The van der Waals surface area contributed by atoms with Crippen LogP contribution in [0.15, 0.2) is 48.8 Å². The van der Waals surface area contributed by atoms with Crippen molar-refractivity contribution in [3.05, 3.63) is 66.0 Å². The summed E-state index contributed by atoms with van der Waals surface area (Å²) in [6.45, 7) is 4.16. The van der Waals surface area contributed by atoms with Crippen molar-refractivity contribution < 1.29 is 20.1 Å². The van der Waals surface area contributed by atoms with E-state index in [9.17, 15) is 0 Å². The Morgan fingerprint density at radius 3 is 2.40 bits per heavy atom. The van der Waals surface area contributed by atoms with Gasteiger partial charge in [-0.25, -0.2) is 4.68 Å². The van der Waals surface area contributed by atoms with Crippen molar-refractivity contribution >= 4 is 0 Å². The van der Waals surface area contributed by atoms with Crippen molar-refractivity contribution in [1.82, 2.24) is 14.8 Å². The van der Waals surface area contributed by atoms with Crippen molar-refractivity contribution in [2.45, 2.75) is 13.8 Å². The number of benzene rings is 2. The number of aromatic nitrogens is 3. The maximum absolute atomic E-state index is 4.55. The van der Waals surface area contributed by atoms with Crippen LogP contribution in [-0.2, 0) is 20.1 Å². The summed E-state index contributed by atoms with van der Waals surface area (Å²) in [5.41, 5.74) is 4.38. The van der Waals surface area contributed by atoms with E-state index in [1.54, 1.807) is 6.33 Å². The fourth-order valence-electron chi connectivity index (χ4n) is 2.19. The monoisotopic (exact) mass is 441 g/mol. The Morgan fingerprint density at radius 2 is 1.75 bits per heavy atom. The summed E-state index contributed by atoms with van der Waals surface area (Å²) in [5, 5.41) is 4.55. The Balaban J connectivity index is 0.00000147. The van der Waals surface area contributed by atoms with Gasteiger partial charge >= 0.3 is 0 Å². The van der Waals surface area contributed by atoms with Gasteiger partial charge in [-0.3, -0.25) is 4.98 Å². The van der Waals surface area contributed by atoms with Gasteiger partial charge in [0.2, 0.25) is 0 Å². The van der Waals surface area contributed by atoms with Crippen LogP contribution in [0.5, 0.6) is 0 Å². The predicted octanol–water partition coefficient (Wildman–Crippen LogP) is 3.35. The molecule has 0 fully saturated rings. The van der Waals surface area contributed by atoms with Crippen LogP contribution >= 0.6 is 0 Å².